The van der Waals surface area contributed by atoms with Gasteiger partial charge in [-0.25, -0.2) is 4.79 Å². The van der Waals surface area contributed by atoms with Gasteiger partial charge in [0.05, 0.1) is 19.9 Å². The highest BCUT2D eigenvalue weighted by atomic mass is 32.2. The van der Waals surface area contributed by atoms with Gasteiger partial charge in [0.2, 0.25) is 5.12 Å². The van der Waals surface area contributed by atoms with Gasteiger partial charge in [-0.2, -0.15) is 5.10 Å². The van der Waals surface area contributed by atoms with Gasteiger partial charge < -0.3 is 9.47 Å². The minimum absolute atomic E-state index is 0.0368. The fourth-order valence-electron chi connectivity index (χ4n) is 2.75. The smallest absolute Gasteiger partial charge is 0.354 e. The lowest BCUT2D eigenvalue weighted by Crippen LogP contribution is -2.43. The van der Waals surface area contributed by atoms with E-state index >= 15 is 0 Å². The van der Waals surface area contributed by atoms with E-state index in [4.69, 9.17) is 9.47 Å². The number of carbonyl (C=O) groups is 2. The van der Waals surface area contributed by atoms with E-state index < -0.39 is 12.0 Å². The van der Waals surface area contributed by atoms with Crippen molar-refractivity contribution in [2.75, 3.05) is 25.0 Å². The summed E-state index contributed by atoms with van der Waals surface area (Å²) in [5.41, 5.74) is 1.09. The number of nitrogens with zero attached hydrogens (tertiary/aromatic N) is 2. The van der Waals surface area contributed by atoms with Crippen molar-refractivity contribution in [3.63, 3.8) is 0 Å². The average Bonchev–Trinajstić information content (AvgIpc) is 2.95. The predicted molar refractivity (Wildman–Crippen MR) is 84.3 cm³/mol. The van der Waals surface area contributed by atoms with Crippen molar-refractivity contribution in [2.24, 2.45) is 11.0 Å². The molecule has 1 saturated heterocycles. The number of anilines is 1. The third-order valence-corrected chi connectivity index (χ3v) is 4.82. The van der Waals surface area contributed by atoms with E-state index in [1.165, 1.54) is 18.9 Å². The lowest BCUT2D eigenvalue weighted by Gasteiger charge is -2.29. The van der Waals surface area contributed by atoms with Crippen LogP contribution in [-0.4, -0.2) is 42.8 Å². The SMILES string of the molecule is COC(=O)C1=NN(c2ccc(OC)cc2)C2C(=O)SCCC12. The Balaban J connectivity index is 1.98. The van der Waals surface area contributed by atoms with Crippen LogP contribution in [0, 0.1) is 5.92 Å². The molecule has 2 heterocycles. The fourth-order valence-corrected chi connectivity index (χ4v) is 3.76. The highest BCUT2D eigenvalue weighted by Gasteiger charge is 2.47. The van der Waals surface area contributed by atoms with Crippen molar-refractivity contribution in [1.29, 1.82) is 0 Å². The van der Waals surface area contributed by atoms with Crippen molar-refractivity contribution >= 4 is 34.2 Å². The molecule has 0 N–H and O–H groups in total. The second kappa shape index (κ2) is 6.00. The summed E-state index contributed by atoms with van der Waals surface area (Å²) in [5.74, 6) is 0.752. The number of esters is 1. The molecule has 2 aliphatic rings. The predicted octanol–water partition coefficient (Wildman–Crippen LogP) is 1.69. The summed E-state index contributed by atoms with van der Waals surface area (Å²) in [6, 6.07) is 6.81. The number of ether oxygens (including phenoxy) is 2. The van der Waals surface area contributed by atoms with E-state index in [0.717, 1.165) is 17.9 Å². The van der Waals surface area contributed by atoms with Crippen molar-refractivity contribution in [3.8, 4) is 5.75 Å². The van der Waals surface area contributed by atoms with Gasteiger partial charge in [0.1, 0.15) is 11.8 Å². The Bertz CT molecular complexity index is 629. The molecule has 2 aliphatic heterocycles. The zero-order valence-electron chi connectivity index (χ0n) is 12.3. The van der Waals surface area contributed by atoms with Crippen LogP contribution < -0.4 is 9.75 Å². The lowest BCUT2D eigenvalue weighted by atomic mass is 9.93. The van der Waals surface area contributed by atoms with Crippen LogP contribution >= 0.6 is 11.8 Å². The van der Waals surface area contributed by atoms with Gasteiger partial charge in [-0.15, -0.1) is 0 Å². The number of benzene rings is 1. The van der Waals surface area contributed by atoms with E-state index in [-0.39, 0.29) is 11.0 Å². The van der Waals surface area contributed by atoms with E-state index in [2.05, 4.69) is 5.10 Å². The van der Waals surface area contributed by atoms with Gasteiger partial charge in [-0.1, -0.05) is 11.8 Å². The van der Waals surface area contributed by atoms with Crippen LogP contribution in [0.3, 0.4) is 0 Å². The van der Waals surface area contributed by atoms with Gasteiger partial charge >= 0.3 is 5.97 Å². The molecule has 2 atom stereocenters. The summed E-state index contributed by atoms with van der Waals surface area (Å²) in [6.45, 7) is 0. The van der Waals surface area contributed by atoms with Crippen molar-refractivity contribution < 1.29 is 19.1 Å². The lowest BCUT2D eigenvalue weighted by molar-refractivity contribution is -0.133. The number of hydrazone groups is 1. The molecule has 0 aromatic heterocycles. The maximum Gasteiger partial charge on any atom is 0.354 e. The monoisotopic (exact) mass is 320 g/mol. The van der Waals surface area contributed by atoms with Crippen LogP contribution in [0.2, 0.25) is 0 Å². The van der Waals surface area contributed by atoms with Crippen LogP contribution in [0.4, 0.5) is 5.69 Å². The first-order chi connectivity index (χ1) is 10.7. The summed E-state index contributed by atoms with van der Waals surface area (Å²) in [6.07, 6.45) is 0.738. The third-order valence-electron chi connectivity index (χ3n) is 3.86. The van der Waals surface area contributed by atoms with Crippen LogP contribution in [0.5, 0.6) is 5.75 Å². The average molecular weight is 320 g/mol. The Kier molecular flexibility index (Phi) is 4.06. The minimum atomic E-state index is -0.467. The Morgan fingerprint density at radius 3 is 2.68 bits per heavy atom. The van der Waals surface area contributed by atoms with Crippen molar-refractivity contribution in [3.05, 3.63) is 24.3 Å². The molecule has 6 nitrogen and oxygen atoms in total. The molecule has 0 bridgehead atoms. The molecule has 0 amide bonds. The maximum absolute atomic E-state index is 12.3. The maximum atomic E-state index is 12.3. The molecular formula is C15H16N2O4S. The topological polar surface area (TPSA) is 68.2 Å². The van der Waals surface area contributed by atoms with Gasteiger partial charge in [0, 0.05) is 11.7 Å². The number of thioether (sulfide) groups is 1. The highest BCUT2D eigenvalue weighted by molar-refractivity contribution is 8.13. The molecule has 116 valence electrons. The Morgan fingerprint density at radius 1 is 1.32 bits per heavy atom. The van der Waals surface area contributed by atoms with Gasteiger partial charge in [-0.3, -0.25) is 9.80 Å². The molecule has 1 fully saturated rings. The summed E-state index contributed by atoms with van der Waals surface area (Å²) >= 11 is 1.29. The second-order valence-corrected chi connectivity index (χ2v) is 6.13. The first-order valence-corrected chi connectivity index (χ1v) is 7.91. The summed E-state index contributed by atoms with van der Waals surface area (Å²) in [5, 5.41) is 6.05. The van der Waals surface area contributed by atoms with Crippen molar-refractivity contribution in [2.45, 2.75) is 12.5 Å². The molecular weight excluding hydrogens is 304 g/mol. The molecule has 1 aromatic rings. The first-order valence-electron chi connectivity index (χ1n) is 6.92. The molecule has 0 spiro atoms. The standard InChI is InChI=1S/C15H16N2O4S/c1-20-10-5-3-9(4-6-10)17-13-11(7-8-22-15(13)19)12(16-17)14(18)21-2/h3-6,11,13H,7-8H2,1-2H3. The highest BCUT2D eigenvalue weighted by Crippen LogP contribution is 2.38. The Hall–Kier alpha value is -2.02. The number of fused-ring (bicyclic) bond motifs is 1. The number of methoxy groups -OCH3 is 2. The zero-order valence-corrected chi connectivity index (χ0v) is 13.1. The Labute approximate surface area is 132 Å². The Morgan fingerprint density at radius 2 is 2.05 bits per heavy atom. The van der Waals surface area contributed by atoms with E-state index in [0.29, 0.717) is 11.5 Å². The zero-order chi connectivity index (χ0) is 15.7. The van der Waals surface area contributed by atoms with Gasteiger partial charge in [0.25, 0.3) is 0 Å². The van der Waals surface area contributed by atoms with Crippen LogP contribution in [0.1, 0.15) is 6.42 Å². The summed E-state index contributed by atoms with van der Waals surface area (Å²) in [4.78, 5) is 24.2. The minimum Gasteiger partial charge on any atom is -0.497 e. The van der Waals surface area contributed by atoms with Crippen LogP contribution in [-0.2, 0) is 14.3 Å². The van der Waals surface area contributed by atoms with Crippen LogP contribution in [0.15, 0.2) is 29.4 Å². The quantitative estimate of drug-likeness (QED) is 0.790. The largest absolute Gasteiger partial charge is 0.497 e. The number of rotatable bonds is 3. The van der Waals surface area contributed by atoms with Crippen molar-refractivity contribution in [1.82, 2.24) is 0 Å². The molecule has 0 saturated carbocycles. The molecule has 22 heavy (non-hydrogen) atoms. The number of hydrogen-bond donors (Lipinski definition) is 0. The fraction of sp³-hybridized carbons (Fsp3) is 0.400. The number of carbonyl (C=O) groups excluding carboxylic acids is 2. The molecule has 2 unspecified atom stereocenters. The van der Waals surface area contributed by atoms with E-state index in [9.17, 15) is 9.59 Å². The van der Waals surface area contributed by atoms with Gasteiger partial charge in [-0.05, 0) is 30.7 Å². The third kappa shape index (κ3) is 2.45. The molecule has 7 heteroatoms. The summed E-state index contributed by atoms with van der Waals surface area (Å²) in [7, 11) is 2.92. The molecule has 0 aliphatic carbocycles. The molecule has 1 aromatic carbocycles. The summed E-state index contributed by atoms with van der Waals surface area (Å²) < 4.78 is 9.94. The van der Waals surface area contributed by atoms with E-state index in [1.807, 2.05) is 12.1 Å². The van der Waals surface area contributed by atoms with Gasteiger partial charge in [0.15, 0.2) is 5.71 Å². The normalized spacial score (nSPS) is 23.8. The number of hydrogen-bond acceptors (Lipinski definition) is 7. The molecule has 0 radical (unpaired) electrons. The van der Waals surface area contributed by atoms with E-state index in [1.54, 1.807) is 24.3 Å². The second-order valence-electron chi connectivity index (χ2n) is 5.03. The first kappa shape index (κ1) is 14.9. The molecule has 3 rings (SSSR count). The van der Waals surface area contributed by atoms with Crippen LogP contribution in [0.25, 0.3) is 0 Å².